The van der Waals surface area contributed by atoms with Gasteiger partial charge in [0.05, 0.1) is 6.61 Å². The van der Waals surface area contributed by atoms with Crippen molar-refractivity contribution < 1.29 is 26.3 Å². The van der Waals surface area contributed by atoms with Gasteiger partial charge in [-0.05, 0) is 26.0 Å². The molecule has 0 bridgehead atoms. The molecule has 9 nitrogen and oxygen atoms in total. The Balaban J connectivity index is 2.46. The maximum Gasteiger partial charge on any atom is 0.294 e. The van der Waals surface area contributed by atoms with Crippen LogP contribution in [0.3, 0.4) is 0 Å². The molecular formula is C16H27N3O6S3. The summed E-state index contributed by atoms with van der Waals surface area (Å²) in [6.07, 6.45) is 0.554. The minimum absolute atomic E-state index is 0.0150. The summed E-state index contributed by atoms with van der Waals surface area (Å²) < 4.78 is 66.3. The summed E-state index contributed by atoms with van der Waals surface area (Å²) in [6, 6.07) is 1.12. The molecular weight excluding hydrogens is 426 g/mol. The molecule has 0 radical (unpaired) electrons. The van der Waals surface area contributed by atoms with Gasteiger partial charge in [-0.15, -0.1) is 15.7 Å². The van der Waals surface area contributed by atoms with Gasteiger partial charge in [0.25, 0.3) is 20.0 Å². The maximum atomic E-state index is 13.0. The van der Waals surface area contributed by atoms with Crippen LogP contribution < -0.4 is 5.32 Å². The molecule has 2 rings (SSSR count). The smallest absolute Gasteiger partial charge is 0.294 e. The molecule has 1 aromatic heterocycles. The first kappa shape index (κ1) is 23.2. The summed E-state index contributed by atoms with van der Waals surface area (Å²) in [4.78, 5) is 0. The molecule has 2 heterocycles. The zero-order chi connectivity index (χ0) is 20.9. The molecule has 28 heavy (non-hydrogen) atoms. The van der Waals surface area contributed by atoms with E-state index >= 15 is 0 Å². The highest BCUT2D eigenvalue weighted by Gasteiger charge is 2.40. The molecule has 1 atom stereocenters. The number of nitrogens with one attached hydrogen (secondary N) is 1. The molecule has 12 heteroatoms. The van der Waals surface area contributed by atoms with Crippen molar-refractivity contribution in [1.82, 2.24) is 9.62 Å². The van der Waals surface area contributed by atoms with E-state index in [0.29, 0.717) is 38.3 Å². The molecule has 0 spiro atoms. The number of ether oxygens (including phenoxy) is 2. The number of nitrogens with zero attached hydrogens (tertiary/aromatic N) is 2. The minimum Gasteiger partial charge on any atom is -0.481 e. The molecule has 0 fully saturated rings. The van der Waals surface area contributed by atoms with Crippen molar-refractivity contribution in [2.45, 2.75) is 41.7 Å². The Bertz CT molecular complexity index is 908. The highest BCUT2D eigenvalue weighted by atomic mass is 32.3. The van der Waals surface area contributed by atoms with Crippen LogP contribution >= 0.6 is 11.3 Å². The monoisotopic (exact) mass is 453 g/mol. The minimum atomic E-state index is -4.05. The molecule has 0 aliphatic carbocycles. The number of fused-ring (bicyclic) bond motifs is 1. The number of sulfonamides is 2. The fourth-order valence-corrected chi connectivity index (χ4v) is 7.76. The van der Waals surface area contributed by atoms with Crippen molar-refractivity contribution in [2.24, 2.45) is 4.40 Å². The lowest BCUT2D eigenvalue weighted by Gasteiger charge is -2.32. The van der Waals surface area contributed by atoms with Crippen LogP contribution in [0.25, 0.3) is 0 Å². The van der Waals surface area contributed by atoms with E-state index in [1.54, 1.807) is 14.0 Å². The van der Waals surface area contributed by atoms with Crippen molar-refractivity contribution in [3.63, 3.8) is 0 Å². The van der Waals surface area contributed by atoms with E-state index < -0.39 is 20.0 Å². The van der Waals surface area contributed by atoms with Gasteiger partial charge in [0, 0.05) is 45.3 Å². The van der Waals surface area contributed by atoms with E-state index in [2.05, 4.69) is 9.71 Å². The van der Waals surface area contributed by atoms with Crippen molar-refractivity contribution in [3.8, 4) is 0 Å². The Morgan fingerprint density at radius 1 is 1.43 bits per heavy atom. The van der Waals surface area contributed by atoms with E-state index in [4.69, 9.17) is 9.47 Å². The highest BCUT2D eigenvalue weighted by Crippen LogP contribution is 2.40. The van der Waals surface area contributed by atoms with Gasteiger partial charge >= 0.3 is 0 Å². The second-order valence-corrected chi connectivity index (χ2v) is 11.2. The third-order valence-corrected chi connectivity index (χ3v) is 9.44. The van der Waals surface area contributed by atoms with Gasteiger partial charge in [0.2, 0.25) is 0 Å². The van der Waals surface area contributed by atoms with Gasteiger partial charge in [-0.3, -0.25) is 0 Å². The average molecular weight is 454 g/mol. The standard InChI is InChI=1S/C16H27N3O6S3/c1-5-17-14-11-19(8-7-9-24-4)28(22,23)16-13(14)10-15(26-16)27(20,21)18-12(3)25-6-2/h10,14,17H,5-9,11H2,1-4H3/t14-/m0/s1. The molecule has 0 aromatic carbocycles. The molecule has 160 valence electrons. The van der Waals surface area contributed by atoms with Gasteiger partial charge in [0.1, 0.15) is 8.42 Å². The Morgan fingerprint density at radius 3 is 2.75 bits per heavy atom. The van der Waals surface area contributed by atoms with E-state index in [9.17, 15) is 16.8 Å². The van der Waals surface area contributed by atoms with Crippen molar-refractivity contribution in [3.05, 3.63) is 11.6 Å². The second kappa shape index (κ2) is 9.63. The van der Waals surface area contributed by atoms with Crippen molar-refractivity contribution >= 4 is 37.3 Å². The third kappa shape index (κ3) is 5.10. The van der Waals surface area contributed by atoms with E-state index in [1.807, 2.05) is 6.92 Å². The van der Waals surface area contributed by atoms with Crippen LogP contribution in [0, 0.1) is 0 Å². The molecule has 1 aliphatic heterocycles. The number of hydrogen-bond donors (Lipinski definition) is 1. The Morgan fingerprint density at radius 2 is 2.14 bits per heavy atom. The highest BCUT2D eigenvalue weighted by molar-refractivity contribution is 7.94. The quantitative estimate of drug-likeness (QED) is 0.343. The first-order valence-corrected chi connectivity index (χ1v) is 12.7. The van der Waals surface area contributed by atoms with Gasteiger partial charge in [-0.2, -0.15) is 12.7 Å². The number of rotatable bonds is 9. The van der Waals surface area contributed by atoms with Crippen LogP contribution in [0.2, 0.25) is 0 Å². The first-order chi connectivity index (χ1) is 13.2. The summed E-state index contributed by atoms with van der Waals surface area (Å²) in [6.45, 7) is 6.99. The van der Waals surface area contributed by atoms with Crippen molar-refractivity contribution in [1.29, 1.82) is 0 Å². The lowest BCUT2D eigenvalue weighted by Crippen LogP contribution is -2.43. The maximum absolute atomic E-state index is 13.0. The van der Waals surface area contributed by atoms with E-state index in [1.165, 1.54) is 17.3 Å². The number of methoxy groups -OCH3 is 1. The number of thiophene rings is 1. The molecule has 1 aliphatic rings. The molecule has 0 amide bonds. The van der Waals surface area contributed by atoms with Crippen molar-refractivity contribution in [2.75, 3.05) is 40.0 Å². The topological polar surface area (TPSA) is 114 Å². The summed E-state index contributed by atoms with van der Waals surface area (Å²) in [7, 11) is -6.27. The average Bonchev–Trinajstić information content (AvgIpc) is 3.07. The zero-order valence-electron chi connectivity index (χ0n) is 16.5. The van der Waals surface area contributed by atoms with Gasteiger partial charge < -0.3 is 14.8 Å². The summed E-state index contributed by atoms with van der Waals surface area (Å²) in [5.41, 5.74) is 0.470. The predicted molar refractivity (Wildman–Crippen MR) is 108 cm³/mol. The van der Waals surface area contributed by atoms with Crippen LogP contribution in [-0.4, -0.2) is 67.0 Å². The largest absolute Gasteiger partial charge is 0.481 e. The van der Waals surface area contributed by atoms with Gasteiger partial charge in [0.15, 0.2) is 5.90 Å². The summed E-state index contributed by atoms with van der Waals surface area (Å²) in [5, 5.41) is 3.24. The second-order valence-electron chi connectivity index (χ2n) is 6.15. The first-order valence-electron chi connectivity index (χ1n) is 8.97. The van der Waals surface area contributed by atoms with Crippen LogP contribution in [0.5, 0.6) is 0 Å². The molecule has 0 saturated heterocycles. The Kier molecular flexibility index (Phi) is 7.99. The van der Waals surface area contributed by atoms with Gasteiger partial charge in [-0.1, -0.05) is 6.92 Å². The fourth-order valence-electron chi connectivity index (χ4n) is 2.92. The summed E-state index contributed by atoms with van der Waals surface area (Å²) in [5.74, 6) is 0.0150. The normalized spacial score (nSPS) is 20.1. The number of likely N-dealkylation sites (N-methyl/N-ethyl adjacent to an activating group) is 1. The third-order valence-electron chi connectivity index (χ3n) is 4.10. The van der Waals surface area contributed by atoms with E-state index in [-0.39, 0.29) is 26.9 Å². The predicted octanol–water partition coefficient (Wildman–Crippen LogP) is 1.58. The molecule has 0 saturated carbocycles. The summed E-state index contributed by atoms with van der Waals surface area (Å²) >= 11 is 0.730. The van der Waals surface area contributed by atoms with E-state index in [0.717, 1.165) is 11.3 Å². The van der Waals surface area contributed by atoms with Crippen LogP contribution in [0.1, 0.15) is 38.8 Å². The van der Waals surface area contributed by atoms with Crippen LogP contribution in [0.15, 0.2) is 18.9 Å². The zero-order valence-corrected chi connectivity index (χ0v) is 18.9. The lowest BCUT2D eigenvalue weighted by atomic mass is 10.1. The SMILES string of the molecule is CCN[C@H]1CN(CCCOC)S(=O)(=O)c2sc(S(=O)(=O)N=C(C)OCC)cc21. The Hall–Kier alpha value is -1.05. The van der Waals surface area contributed by atoms with Crippen LogP contribution in [0.4, 0.5) is 0 Å². The lowest BCUT2D eigenvalue weighted by molar-refractivity contribution is 0.185. The van der Waals surface area contributed by atoms with Crippen LogP contribution in [-0.2, 0) is 29.5 Å². The molecule has 1 N–H and O–H groups in total. The number of hydrogen-bond acceptors (Lipinski definition) is 8. The van der Waals surface area contributed by atoms with Gasteiger partial charge in [-0.25, -0.2) is 8.42 Å². The Labute approximate surface area is 170 Å². The molecule has 0 unspecified atom stereocenters. The fraction of sp³-hybridized carbons (Fsp3) is 0.688. The molecule has 1 aromatic rings.